The first-order valence-corrected chi connectivity index (χ1v) is 8.19. The first-order valence-electron chi connectivity index (χ1n) is 8.19. The van der Waals surface area contributed by atoms with E-state index in [1.54, 1.807) is 0 Å². The number of rotatable bonds is 6. The molecule has 1 saturated carbocycles. The fourth-order valence-electron chi connectivity index (χ4n) is 3.11. The van der Waals surface area contributed by atoms with Crippen molar-refractivity contribution >= 4 is 5.69 Å². The number of hydrogen-bond acceptors (Lipinski definition) is 4. The number of benzene rings is 1. The van der Waals surface area contributed by atoms with Gasteiger partial charge in [-0.25, -0.2) is 4.68 Å². The van der Waals surface area contributed by atoms with Crippen LogP contribution in [0.15, 0.2) is 24.3 Å². The van der Waals surface area contributed by atoms with E-state index in [2.05, 4.69) is 53.3 Å². The molecule has 0 saturated heterocycles. The van der Waals surface area contributed by atoms with Gasteiger partial charge in [0.2, 0.25) is 0 Å². The van der Waals surface area contributed by atoms with Crippen molar-refractivity contribution in [2.75, 3.05) is 18.0 Å². The highest BCUT2D eigenvalue weighted by Gasteiger charge is 2.27. The number of anilines is 1. The summed E-state index contributed by atoms with van der Waals surface area (Å²) in [5.74, 6) is 0.486. The maximum absolute atomic E-state index is 9.51. The minimum Gasteiger partial charge on any atom is -0.390 e. The molecule has 0 amide bonds. The molecule has 0 bridgehead atoms. The van der Waals surface area contributed by atoms with Crippen molar-refractivity contribution in [3.8, 4) is 5.69 Å². The smallest absolute Gasteiger partial charge is 0.112 e. The summed E-state index contributed by atoms with van der Waals surface area (Å²) >= 11 is 0. The summed E-state index contributed by atoms with van der Waals surface area (Å²) in [6.07, 6.45) is 3.58. The molecule has 0 spiro atoms. The molecule has 118 valence electrons. The van der Waals surface area contributed by atoms with Gasteiger partial charge in [0.15, 0.2) is 0 Å². The summed E-state index contributed by atoms with van der Waals surface area (Å²) in [5.41, 5.74) is 4.05. The molecule has 3 rings (SSSR count). The summed E-state index contributed by atoms with van der Waals surface area (Å²) in [6, 6.07) is 8.44. The van der Waals surface area contributed by atoms with Gasteiger partial charge in [-0.05, 0) is 51.0 Å². The highest BCUT2D eigenvalue weighted by atomic mass is 16.3. The third-order valence-electron chi connectivity index (χ3n) is 4.64. The van der Waals surface area contributed by atoms with Crippen LogP contribution in [0.5, 0.6) is 0 Å². The molecule has 0 unspecified atom stereocenters. The largest absolute Gasteiger partial charge is 0.390 e. The van der Waals surface area contributed by atoms with Gasteiger partial charge in [-0.2, -0.15) is 0 Å². The molecular weight excluding hydrogens is 276 g/mol. The van der Waals surface area contributed by atoms with Crippen molar-refractivity contribution in [3.05, 3.63) is 35.7 Å². The monoisotopic (exact) mass is 300 g/mol. The summed E-state index contributed by atoms with van der Waals surface area (Å²) < 4.78 is 1.90. The van der Waals surface area contributed by atoms with Crippen LogP contribution in [-0.4, -0.2) is 33.2 Å². The highest BCUT2D eigenvalue weighted by molar-refractivity contribution is 5.51. The second-order valence-electron chi connectivity index (χ2n) is 5.81. The molecule has 5 nitrogen and oxygen atoms in total. The van der Waals surface area contributed by atoms with Crippen molar-refractivity contribution < 1.29 is 5.11 Å². The van der Waals surface area contributed by atoms with E-state index in [1.807, 2.05) is 4.68 Å². The average Bonchev–Trinajstić information content (AvgIpc) is 2.91. The van der Waals surface area contributed by atoms with Crippen molar-refractivity contribution in [2.45, 2.75) is 45.6 Å². The molecule has 1 aliphatic carbocycles. The number of hydrogen-bond donors (Lipinski definition) is 1. The maximum Gasteiger partial charge on any atom is 0.112 e. The lowest BCUT2D eigenvalue weighted by atomic mass is 9.82. The number of aliphatic hydroxyl groups is 1. The van der Waals surface area contributed by atoms with Crippen LogP contribution in [0.25, 0.3) is 5.69 Å². The van der Waals surface area contributed by atoms with Crippen LogP contribution in [0.3, 0.4) is 0 Å². The Morgan fingerprint density at radius 1 is 1.18 bits per heavy atom. The van der Waals surface area contributed by atoms with Crippen molar-refractivity contribution in [1.82, 2.24) is 15.0 Å². The van der Waals surface area contributed by atoms with E-state index in [-0.39, 0.29) is 6.61 Å². The zero-order valence-corrected chi connectivity index (χ0v) is 13.4. The third-order valence-corrected chi connectivity index (χ3v) is 4.64. The van der Waals surface area contributed by atoms with Crippen molar-refractivity contribution in [2.24, 2.45) is 0 Å². The Morgan fingerprint density at radius 2 is 1.86 bits per heavy atom. The van der Waals surface area contributed by atoms with Gasteiger partial charge in [0, 0.05) is 24.7 Å². The normalized spacial score (nSPS) is 14.9. The van der Waals surface area contributed by atoms with Crippen molar-refractivity contribution in [3.63, 3.8) is 0 Å². The lowest BCUT2D eigenvalue weighted by molar-refractivity contribution is 0.272. The molecule has 1 aliphatic rings. The molecule has 0 aliphatic heterocycles. The molecule has 0 atom stereocenters. The minimum atomic E-state index is -0.0383. The summed E-state index contributed by atoms with van der Waals surface area (Å²) in [4.78, 5) is 2.32. The fourth-order valence-corrected chi connectivity index (χ4v) is 3.11. The lowest BCUT2D eigenvalue weighted by Crippen LogP contribution is -2.21. The van der Waals surface area contributed by atoms with Crippen LogP contribution in [0.4, 0.5) is 5.69 Å². The van der Waals surface area contributed by atoms with E-state index in [4.69, 9.17) is 0 Å². The average molecular weight is 300 g/mol. The first-order chi connectivity index (χ1) is 10.8. The SMILES string of the molecule is CCN(CC)c1ccc(-n2nnc(CO)c2C2CCC2)cc1. The molecule has 0 radical (unpaired) electrons. The lowest BCUT2D eigenvalue weighted by Gasteiger charge is -2.26. The van der Waals surface area contributed by atoms with Gasteiger partial charge < -0.3 is 10.0 Å². The Bertz CT molecular complexity index is 612. The second kappa shape index (κ2) is 6.48. The zero-order valence-electron chi connectivity index (χ0n) is 13.4. The standard InChI is InChI=1S/C17H24N4O/c1-3-20(4-2)14-8-10-15(11-9-14)21-17(13-6-5-7-13)16(12-22)18-19-21/h8-11,13,22H,3-7,12H2,1-2H3. The minimum absolute atomic E-state index is 0.0383. The highest BCUT2D eigenvalue weighted by Crippen LogP contribution is 2.38. The number of nitrogens with zero attached hydrogens (tertiary/aromatic N) is 4. The van der Waals surface area contributed by atoms with Crippen LogP contribution >= 0.6 is 0 Å². The number of aliphatic hydroxyl groups excluding tert-OH is 1. The van der Waals surface area contributed by atoms with E-state index in [0.717, 1.165) is 43.0 Å². The summed E-state index contributed by atoms with van der Waals surface area (Å²) in [6.45, 7) is 6.29. The van der Waals surface area contributed by atoms with E-state index in [1.165, 1.54) is 12.1 Å². The Hall–Kier alpha value is -1.88. The maximum atomic E-state index is 9.51. The molecule has 1 aromatic heterocycles. The molecule has 1 aromatic carbocycles. The predicted molar refractivity (Wildman–Crippen MR) is 87.4 cm³/mol. The summed E-state index contributed by atoms with van der Waals surface area (Å²) in [7, 11) is 0. The Balaban J connectivity index is 1.92. The van der Waals surface area contributed by atoms with Gasteiger partial charge in [0.1, 0.15) is 5.69 Å². The van der Waals surface area contributed by atoms with Crippen molar-refractivity contribution in [1.29, 1.82) is 0 Å². The van der Waals surface area contributed by atoms with Crippen LogP contribution < -0.4 is 4.90 Å². The van der Waals surface area contributed by atoms with E-state index < -0.39 is 0 Å². The molecular formula is C17H24N4O. The quantitative estimate of drug-likeness (QED) is 0.891. The van der Waals surface area contributed by atoms with E-state index in [9.17, 15) is 5.11 Å². The van der Waals surface area contributed by atoms with Gasteiger partial charge >= 0.3 is 0 Å². The molecule has 22 heavy (non-hydrogen) atoms. The molecule has 1 N–H and O–H groups in total. The zero-order chi connectivity index (χ0) is 15.5. The molecule has 1 fully saturated rings. The first kappa shape index (κ1) is 15.0. The van der Waals surface area contributed by atoms with Crippen LogP contribution in [0, 0.1) is 0 Å². The molecule has 1 heterocycles. The predicted octanol–water partition coefficient (Wildman–Crippen LogP) is 2.87. The number of aromatic nitrogens is 3. The topological polar surface area (TPSA) is 54.2 Å². The molecule has 2 aromatic rings. The Morgan fingerprint density at radius 3 is 2.36 bits per heavy atom. The van der Waals surface area contributed by atoms with Crippen LogP contribution in [0.2, 0.25) is 0 Å². The van der Waals surface area contributed by atoms with Gasteiger partial charge in [0.05, 0.1) is 18.0 Å². The van der Waals surface area contributed by atoms with Gasteiger partial charge in [-0.1, -0.05) is 11.6 Å². The van der Waals surface area contributed by atoms with Gasteiger partial charge in [-0.3, -0.25) is 0 Å². The van der Waals surface area contributed by atoms with Gasteiger partial charge in [0.25, 0.3) is 0 Å². The van der Waals surface area contributed by atoms with Crippen LogP contribution in [-0.2, 0) is 6.61 Å². The van der Waals surface area contributed by atoms with Gasteiger partial charge in [-0.15, -0.1) is 5.10 Å². The Kier molecular flexibility index (Phi) is 4.43. The van der Waals surface area contributed by atoms with E-state index in [0.29, 0.717) is 5.92 Å². The summed E-state index contributed by atoms with van der Waals surface area (Å²) in [5, 5.41) is 17.9. The van der Waals surface area contributed by atoms with E-state index >= 15 is 0 Å². The fraction of sp³-hybridized carbons (Fsp3) is 0.529. The van der Waals surface area contributed by atoms with Crippen LogP contribution in [0.1, 0.15) is 50.4 Å². The Labute approximate surface area is 131 Å². The second-order valence-corrected chi connectivity index (χ2v) is 5.81. The third kappa shape index (κ3) is 2.61. The molecule has 5 heteroatoms.